The first-order valence-electron chi connectivity index (χ1n) is 13.5. The predicted octanol–water partition coefficient (Wildman–Crippen LogP) is 4.38. The van der Waals surface area contributed by atoms with E-state index in [0.717, 1.165) is 37.8 Å². The third kappa shape index (κ3) is 4.69. The summed E-state index contributed by atoms with van der Waals surface area (Å²) < 4.78 is 4.12. The van der Waals surface area contributed by atoms with Crippen LogP contribution in [0, 0.1) is 11.8 Å². The molecular weight excluding hydrogens is 524 g/mol. The van der Waals surface area contributed by atoms with Gasteiger partial charge in [-0.3, -0.25) is 14.4 Å². The van der Waals surface area contributed by atoms with Crippen molar-refractivity contribution < 1.29 is 24.2 Å². The van der Waals surface area contributed by atoms with E-state index in [2.05, 4.69) is 12.2 Å². The molecule has 2 fully saturated rings. The van der Waals surface area contributed by atoms with Crippen LogP contribution in [0.3, 0.4) is 0 Å². The zero-order chi connectivity index (χ0) is 26.9. The van der Waals surface area contributed by atoms with E-state index in [0.29, 0.717) is 31.1 Å². The minimum Gasteiger partial charge on any atom is -0.465 e. The molecule has 0 bridgehead atoms. The monoisotopic (exact) mass is 558 g/mol. The summed E-state index contributed by atoms with van der Waals surface area (Å²) in [7, 11) is 0. The third-order valence-electron chi connectivity index (χ3n) is 8.20. The number of cyclic esters (lactones) is 1. The quantitative estimate of drug-likeness (QED) is 0.304. The van der Waals surface area contributed by atoms with Gasteiger partial charge in [-0.15, -0.1) is 11.8 Å². The van der Waals surface area contributed by atoms with Crippen molar-refractivity contribution in [2.24, 2.45) is 11.8 Å². The summed E-state index contributed by atoms with van der Waals surface area (Å²) in [5.41, 5.74) is 0.718. The lowest BCUT2D eigenvalue weighted by Crippen LogP contribution is -2.53. The molecule has 2 amide bonds. The van der Waals surface area contributed by atoms with E-state index < -0.39 is 27.4 Å². The fourth-order valence-corrected chi connectivity index (χ4v) is 8.75. The number of aliphatic hydroxyl groups is 1. The highest BCUT2D eigenvalue weighted by molar-refractivity contribution is 8.02. The molecule has 204 valence electrons. The average Bonchev–Trinajstić information content (AvgIpc) is 3.24. The predicted molar refractivity (Wildman–Crippen MR) is 149 cm³/mol. The van der Waals surface area contributed by atoms with E-state index in [4.69, 9.17) is 21.4 Å². The number of hydrogen-bond donors (Lipinski definition) is 1. The molecule has 7 nitrogen and oxygen atoms in total. The highest BCUT2D eigenvalue weighted by Gasteiger charge is 2.73. The molecule has 0 radical (unpaired) electrons. The summed E-state index contributed by atoms with van der Waals surface area (Å²) in [6, 6.07) is 6.41. The Balaban J connectivity index is 1.56. The lowest BCUT2D eigenvalue weighted by Gasteiger charge is -2.37. The van der Waals surface area contributed by atoms with Crippen LogP contribution in [-0.2, 0) is 19.1 Å². The summed E-state index contributed by atoms with van der Waals surface area (Å²) >= 11 is 7.68. The van der Waals surface area contributed by atoms with Crippen LogP contribution < -0.4 is 4.90 Å². The number of aliphatic hydroxyl groups excluding tert-OH is 1. The number of ether oxygens (including phenoxy) is 1. The van der Waals surface area contributed by atoms with Crippen LogP contribution in [0.15, 0.2) is 48.6 Å². The van der Waals surface area contributed by atoms with Crippen LogP contribution in [0.4, 0.5) is 5.69 Å². The summed E-state index contributed by atoms with van der Waals surface area (Å²) in [5.74, 6) is -2.04. The van der Waals surface area contributed by atoms with Crippen molar-refractivity contribution in [3.63, 3.8) is 0 Å². The molecule has 9 heteroatoms. The minimum atomic E-state index is -0.886. The van der Waals surface area contributed by atoms with Crippen molar-refractivity contribution in [3.05, 3.63) is 53.6 Å². The standard InChI is InChI=1S/C29H35ClN2O5S/c1-28-14-5-4-8-19-37-27(36)23(28)22-25(34)32(16-6-2-3-7-18-33)24-26(35)31(17-9-15-29(22,24)38-28)21-12-10-20(30)11-13-21/h5,9-15,22-24,33H,2-4,6-8,16-19H2,1H3/b14-5-/t22-,23+,24?,28-,29-/m0/s1. The number of carbonyl (C=O) groups is 3. The molecule has 2 saturated heterocycles. The van der Waals surface area contributed by atoms with Crippen LogP contribution in [0.2, 0.25) is 5.02 Å². The molecule has 1 spiro atoms. The second-order valence-corrected chi connectivity index (χ2v) is 12.9. The fourth-order valence-electron chi connectivity index (χ4n) is 6.47. The molecule has 1 aromatic rings. The maximum Gasteiger partial charge on any atom is 0.311 e. The fraction of sp³-hybridized carbons (Fsp3) is 0.552. The number of anilines is 1. The van der Waals surface area contributed by atoms with Gasteiger partial charge in [0.1, 0.15) is 6.04 Å². The number of amides is 2. The van der Waals surface area contributed by atoms with E-state index in [-0.39, 0.29) is 24.4 Å². The molecule has 0 aromatic heterocycles. The van der Waals surface area contributed by atoms with Crippen LogP contribution in [0.1, 0.15) is 45.4 Å². The number of rotatable bonds is 7. The van der Waals surface area contributed by atoms with Gasteiger partial charge in [0.05, 0.1) is 23.2 Å². The Hall–Kier alpha value is -2.29. The van der Waals surface area contributed by atoms with Gasteiger partial charge in [-0.05, 0) is 56.9 Å². The molecule has 5 atom stereocenters. The second-order valence-electron chi connectivity index (χ2n) is 10.7. The first-order chi connectivity index (χ1) is 18.3. The summed E-state index contributed by atoms with van der Waals surface area (Å²) in [6.45, 7) is 3.26. The first kappa shape index (κ1) is 27.3. The summed E-state index contributed by atoms with van der Waals surface area (Å²) in [6.07, 6.45) is 12.8. The second kappa shape index (κ2) is 11.1. The number of hydrogen-bond acceptors (Lipinski definition) is 6. The van der Waals surface area contributed by atoms with Gasteiger partial charge in [0, 0.05) is 35.2 Å². The first-order valence-corrected chi connectivity index (χ1v) is 14.7. The van der Waals surface area contributed by atoms with Crippen molar-refractivity contribution >= 4 is 46.8 Å². The van der Waals surface area contributed by atoms with Crippen LogP contribution in [-0.4, -0.2) is 69.6 Å². The van der Waals surface area contributed by atoms with Crippen LogP contribution in [0.5, 0.6) is 0 Å². The number of unbranched alkanes of at least 4 members (excludes halogenated alkanes) is 3. The molecule has 4 aliphatic rings. The Morgan fingerprint density at radius 1 is 1.03 bits per heavy atom. The summed E-state index contributed by atoms with van der Waals surface area (Å²) in [5, 5.41) is 9.73. The lowest BCUT2D eigenvalue weighted by atomic mass is 9.74. The van der Waals surface area contributed by atoms with E-state index in [1.54, 1.807) is 33.7 Å². The highest BCUT2D eigenvalue weighted by atomic mass is 35.5. The molecule has 0 saturated carbocycles. The van der Waals surface area contributed by atoms with Crippen molar-refractivity contribution in [3.8, 4) is 0 Å². The Bertz CT molecular complexity index is 1140. The largest absolute Gasteiger partial charge is 0.465 e. The lowest BCUT2D eigenvalue weighted by molar-refractivity contribution is -0.154. The molecule has 1 unspecified atom stereocenters. The number of likely N-dealkylation sites (tertiary alicyclic amines) is 1. The number of esters is 1. The molecule has 5 rings (SSSR count). The van der Waals surface area contributed by atoms with Crippen molar-refractivity contribution in [2.75, 3.05) is 31.2 Å². The summed E-state index contributed by atoms with van der Waals surface area (Å²) in [4.78, 5) is 45.6. The molecule has 1 N–H and O–H groups in total. The number of allylic oxidation sites excluding steroid dienone is 1. The van der Waals surface area contributed by atoms with Gasteiger partial charge in [0.2, 0.25) is 5.91 Å². The number of thioether (sulfide) groups is 1. The normalized spacial score (nSPS) is 33.6. The maximum absolute atomic E-state index is 14.4. The molecule has 38 heavy (non-hydrogen) atoms. The number of carbonyl (C=O) groups excluding carboxylic acids is 3. The number of benzene rings is 1. The minimum absolute atomic E-state index is 0.141. The van der Waals surface area contributed by atoms with Crippen LogP contribution >= 0.6 is 23.4 Å². The molecule has 4 aliphatic heterocycles. The van der Waals surface area contributed by atoms with Gasteiger partial charge in [-0.25, -0.2) is 0 Å². The molecule has 0 aliphatic carbocycles. The van der Waals surface area contributed by atoms with Crippen LogP contribution in [0.25, 0.3) is 0 Å². The van der Waals surface area contributed by atoms with Gasteiger partial charge in [0.25, 0.3) is 5.91 Å². The zero-order valence-corrected chi connectivity index (χ0v) is 23.3. The van der Waals surface area contributed by atoms with Gasteiger partial charge in [-0.2, -0.15) is 0 Å². The Morgan fingerprint density at radius 3 is 2.55 bits per heavy atom. The van der Waals surface area contributed by atoms with Crippen molar-refractivity contribution in [1.82, 2.24) is 4.90 Å². The molecular formula is C29H35ClN2O5S. The molecule has 4 heterocycles. The topological polar surface area (TPSA) is 87.1 Å². The zero-order valence-electron chi connectivity index (χ0n) is 21.7. The third-order valence-corrected chi connectivity index (χ3v) is 10.2. The average molecular weight is 559 g/mol. The number of halogens is 1. The van der Waals surface area contributed by atoms with Crippen molar-refractivity contribution in [1.29, 1.82) is 0 Å². The number of nitrogens with zero attached hydrogens (tertiary/aromatic N) is 2. The Morgan fingerprint density at radius 2 is 1.79 bits per heavy atom. The SMILES string of the molecule is C[C@]12/C=C\CCCOC(=O)[C@H]1[C@H]1C(=O)N(CCCCCCO)C3C(=O)N(c4ccc(Cl)cc4)CC=C[C@@]31S2. The van der Waals surface area contributed by atoms with E-state index in [1.807, 2.05) is 31.2 Å². The number of fused-ring (bicyclic) bond motifs is 2. The van der Waals surface area contributed by atoms with Gasteiger partial charge in [0.15, 0.2) is 0 Å². The van der Waals surface area contributed by atoms with Gasteiger partial charge in [-0.1, -0.05) is 48.7 Å². The smallest absolute Gasteiger partial charge is 0.311 e. The van der Waals surface area contributed by atoms with E-state index >= 15 is 0 Å². The van der Waals surface area contributed by atoms with Crippen molar-refractivity contribution in [2.45, 2.75) is 61.0 Å². The Kier molecular flexibility index (Phi) is 7.94. The van der Waals surface area contributed by atoms with E-state index in [9.17, 15) is 14.4 Å². The maximum atomic E-state index is 14.4. The Labute approximate surface area is 233 Å². The molecule has 1 aromatic carbocycles. The van der Waals surface area contributed by atoms with E-state index in [1.165, 1.54) is 0 Å². The highest BCUT2D eigenvalue weighted by Crippen LogP contribution is 2.65. The van der Waals surface area contributed by atoms with Gasteiger partial charge >= 0.3 is 5.97 Å². The van der Waals surface area contributed by atoms with Gasteiger partial charge < -0.3 is 19.6 Å².